The van der Waals surface area contributed by atoms with E-state index in [1.807, 2.05) is 34.8 Å². The lowest BCUT2D eigenvalue weighted by molar-refractivity contribution is -0.142. The number of halogens is 1. The summed E-state index contributed by atoms with van der Waals surface area (Å²) in [6.07, 6.45) is 6.45. The van der Waals surface area contributed by atoms with Crippen LogP contribution in [0.1, 0.15) is 19.3 Å². The maximum atomic E-state index is 13.5. The van der Waals surface area contributed by atoms with E-state index in [1.54, 1.807) is 6.20 Å². The lowest BCUT2D eigenvalue weighted by Gasteiger charge is -2.39. The molecule has 3 heterocycles. The van der Waals surface area contributed by atoms with Crippen LogP contribution in [0.4, 0.5) is 0 Å². The summed E-state index contributed by atoms with van der Waals surface area (Å²) in [4.78, 5) is 16.9. The van der Waals surface area contributed by atoms with E-state index in [-0.39, 0.29) is 18.3 Å². The molecular weight excluding hydrogens is 380 g/mol. The molecule has 2 aliphatic heterocycles. The van der Waals surface area contributed by atoms with Crippen molar-refractivity contribution in [1.29, 1.82) is 0 Å². The standard InChI is InChI=1S/C20H26N4OS.ClH/c25-19(20(8-11-21-12-9-20)24-13-4-10-22-24)23-14-7-17(15-23)16-26-18-5-2-1-3-6-18;/h1-6,10,13,17,21H,7-9,11-12,14-16H2;1H. The van der Waals surface area contributed by atoms with Gasteiger partial charge in [0.05, 0.1) is 0 Å². The molecule has 27 heavy (non-hydrogen) atoms. The third-order valence-electron chi connectivity index (χ3n) is 5.57. The number of thioether (sulfide) groups is 1. The zero-order valence-electron chi connectivity index (χ0n) is 15.4. The van der Waals surface area contributed by atoms with Gasteiger partial charge in [-0.25, -0.2) is 0 Å². The van der Waals surface area contributed by atoms with E-state index in [0.717, 1.165) is 51.2 Å². The van der Waals surface area contributed by atoms with E-state index >= 15 is 0 Å². The van der Waals surface area contributed by atoms with Crippen LogP contribution in [-0.2, 0) is 10.3 Å². The minimum Gasteiger partial charge on any atom is -0.340 e. The molecule has 1 aromatic heterocycles. The largest absolute Gasteiger partial charge is 0.340 e. The van der Waals surface area contributed by atoms with Crippen molar-refractivity contribution in [2.45, 2.75) is 29.7 Å². The first kappa shape index (κ1) is 20.2. The molecule has 1 aromatic carbocycles. The van der Waals surface area contributed by atoms with E-state index in [2.05, 4.69) is 39.6 Å². The van der Waals surface area contributed by atoms with Gasteiger partial charge in [-0.3, -0.25) is 9.48 Å². The number of likely N-dealkylation sites (tertiary alicyclic amines) is 1. The number of piperidine rings is 1. The quantitative estimate of drug-likeness (QED) is 0.775. The monoisotopic (exact) mass is 406 g/mol. The average Bonchev–Trinajstić information content (AvgIpc) is 3.39. The van der Waals surface area contributed by atoms with Gasteiger partial charge in [-0.2, -0.15) is 5.10 Å². The number of hydrogen-bond donors (Lipinski definition) is 1. The molecule has 2 fully saturated rings. The van der Waals surface area contributed by atoms with Crippen molar-refractivity contribution < 1.29 is 4.79 Å². The molecule has 1 atom stereocenters. The summed E-state index contributed by atoms with van der Waals surface area (Å²) in [5.74, 6) is 1.90. The molecule has 2 aromatic rings. The van der Waals surface area contributed by atoms with Gasteiger partial charge in [-0.1, -0.05) is 18.2 Å². The molecule has 1 unspecified atom stereocenters. The van der Waals surface area contributed by atoms with Crippen molar-refractivity contribution in [3.63, 3.8) is 0 Å². The summed E-state index contributed by atoms with van der Waals surface area (Å²) in [5.41, 5.74) is -0.504. The fourth-order valence-electron chi connectivity index (χ4n) is 4.08. The van der Waals surface area contributed by atoms with Crippen LogP contribution < -0.4 is 5.32 Å². The summed E-state index contributed by atoms with van der Waals surface area (Å²) >= 11 is 1.90. The second-order valence-electron chi connectivity index (χ2n) is 7.26. The Hall–Kier alpha value is -1.50. The highest BCUT2D eigenvalue weighted by Gasteiger charge is 2.45. The third-order valence-corrected chi connectivity index (χ3v) is 6.82. The summed E-state index contributed by atoms with van der Waals surface area (Å²) < 4.78 is 1.90. The number of amides is 1. The predicted molar refractivity (Wildman–Crippen MR) is 111 cm³/mol. The molecule has 0 saturated carbocycles. The molecule has 5 nitrogen and oxygen atoms in total. The van der Waals surface area contributed by atoms with E-state index in [1.165, 1.54) is 4.90 Å². The topological polar surface area (TPSA) is 50.2 Å². The summed E-state index contributed by atoms with van der Waals surface area (Å²) in [7, 11) is 0. The van der Waals surface area contributed by atoms with Crippen molar-refractivity contribution in [3.05, 3.63) is 48.8 Å². The van der Waals surface area contributed by atoms with Crippen molar-refractivity contribution >= 4 is 30.1 Å². The lowest BCUT2D eigenvalue weighted by Crippen LogP contribution is -2.55. The Labute approximate surface area is 171 Å². The maximum absolute atomic E-state index is 13.5. The van der Waals surface area contributed by atoms with Crippen LogP contribution in [0.3, 0.4) is 0 Å². The highest BCUT2D eigenvalue weighted by molar-refractivity contribution is 7.99. The number of rotatable bonds is 5. The Morgan fingerprint density at radius 3 is 2.70 bits per heavy atom. The second-order valence-corrected chi connectivity index (χ2v) is 8.36. The van der Waals surface area contributed by atoms with Crippen LogP contribution in [0.15, 0.2) is 53.7 Å². The van der Waals surface area contributed by atoms with Gasteiger partial charge in [0.15, 0.2) is 0 Å². The normalized spacial score (nSPS) is 21.6. The number of carbonyl (C=O) groups excluding carboxylic acids is 1. The van der Waals surface area contributed by atoms with Crippen LogP contribution in [0, 0.1) is 5.92 Å². The van der Waals surface area contributed by atoms with Gasteiger partial charge in [0, 0.05) is 36.1 Å². The number of hydrogen-bond acceptors (Lipinski definition) is 4. The first-order chi connectivity index (χ1) is 12.8. The fraction of sp³-hybridized carbons (Fsp3) is 0.500. The smallest absolute Gasteiger partial charge is 0.250 e. The van der Waals surface area contributed by atoms with E-state index in [4.69, 9.17) is 0 Å². The SMILES string of the molecule is Cl.O=C(N1CCC(CSc2ccccc2)C1)C1(n2cccn2)CCNCC1. The highest BCUT2D eigenvalue weighted by atomic mass is 35.5. The first-order valence-electron chi connectivity index (χ1n) is 9.46. The molecule has 0 spiro atoms. The summed E-state index contributed by atoms with van der Waals surface area (Å²) in [6, 6.07) is 12.4. The van der Waals surface area contributed by atoms with Crippen LogP contribution in [0.5, 0.6) is 0 Å². The molecule has 0 bridgehead atoms. The van der Waals surface area contributed by atoms with Crippen molar-refractivity contribution in [1.82, 2.24) is 20.0 Å². The van der Waals surface area contributed by atoms with Crippen molar-refractivity contribution in [2.24, 2.45) is 5.92 Å². The second kappa shape index (κ2) is 9.13. The number of benzene rings is 1. The Morgan fingerprint density at radius 1 is 1.22 bits per heavy atom. The Morgan fingerprint density at radius 2 is 2.00 bits per heavy atom. The Bertz CT molecular complexity index is 719. The zero-order chi connectivity index (χ0) is 17.8. The molecule has 0 radical (unpaired) electrons. The molecule has 146 valence electrons. The average molecular weight is 407 g/mol. The molecule has 2 saturated heterocycles. The van der Waals surface area contributed by atoms with E-state index in [0.29, 0.717) is 5.92 Å². The van der Waals surface area contributed by atoms with Crippen LogP contribution in [-0.4, -0.2) is 52.5 Å². The van der Waals surface area contributed by atoms with Gasteiger partial charge >= 0.3 is 0 Å². The van der Waals surface area contributed by atoms with Gasteiger partial charge < -0.3 is 10.2 Å². The van der Waals surface area contributed by atoms with Crippen LogP contribution in [0.25, 0.3) is 0 Å². The molecule has 4 rings (SSSR count). The van der Waals surface area contributed by atoms with Crippen molar-refractivity contribution in [3.8, 4) is 0 Å². The third kappa shape index (κ3) is 4.33. The van der Waals surface area contributed by atoms with Crippen LogP contribution in [0.2, 0.25) is 0 Å². The first-order valence-corrected chi connectivity index (χ1v) is 10.4. The number of aromatic nitrogens is 2. The molecular formula is C20H27ClN4OS. The molecule has 7 heteroatoms. The Balaban J connectivity index is 0.00000210. The summed E-state index contributed by atoms with van der Waals surface area (Å²) in [6.45, 7) is 3.48. The maximum Gasteiger partial charge on any atom is 0.250 e. The predicted octanol–water partition coefficient (Wildman–Crippen LogP) is 3.02. The molecule has 2 aliphatic rings. The summed E-state index contributed by atoms with van der Waals surface area (Å²) in [5, 5.41) is 7.82. The van der Waals surface area contributed by atoms with E-state index in [9.17, 15) is 4.79 Å². The van der Waals surface area contributed by atoms with Gasteiger partial charge in [-0.15, -0.1) is 24.2 Å². The lowest BCUT2D eigenvalue weighted by atomic mass is 9.87. The zero-order valence-corrected chi connectivity index (χ0v) is 17.1. The number of nitrogens with zero attached hydrogens (tertiary/aromatic N) is 3. The molecule has 1 amide bonds. The van der Waals surface area contributed by atoms with E-state index < -0.39 is 5.54 Å². The van der Waals surface area contributed by atoms with Gasteiger partial charge in [0.25, 0.3) is 5.91 Å². The molecule has 0 aliphatic carbocycles. The number of nitrogens with one attached hydrogen (secondary N) is 1. The number of carbonyl (C=O) groups is 1. The van der Waals surface area contributed by atoms with Gasteiger partial charge in [0.2, 0.25) is 0 Å². The minimum absolute atomic E-state index is 0. The van der Waals surface area contributed by atoms with Crippen molar-refractivity contribution in [2.75, 3.05) is 31.9 Å². The highest BCUT2D eigenvalue weighted by Crippen LogP contribution is 2.33. The molecule has 1 N–H and O–H groups in total. The fourth-order valence-corrected chi connectivity index (χ4v) is 5.13. The Kier molecular flexibility index (Phi) is 6.84. The van der Waals surface area contributed by atoms with Gasteiger partial charge in [0.1, 0.15) is 5.54 Å². The van der Waals surface area contributed by atoms with Crippen LogP contribution >= 0.6 is 24.2 Å². The van der Waals surface area contributed by atoms with Gasteiger partial charge in [-0.05, 0) is 56.5 Å². The minimum atomic E-state index is -0.504.